The minimum absolute atomic E-state index is 0.287. The maximum Gasteiger partial charge on any atom is 0.0723 e. The summed E-state index contributed by atoms with van der Waals surface area (Å²) in [4.78, 5) is 10.2. The summed E-state index contributed by atoms with van der Waals surface area (Å²) in [7, 11) is 0. The number of hydrogen-bond donors (Lipinski definition) is 0. The van der Waals surface area contributed by atoms with Gasteiger partial charge in [-0.2, -0.15) is 0 Å². The first kappa shape index (κ1) is 65.9. The molecule has 9 rings (SSSR count). The lowest BCUT2D eigenvalue weighted by atomic mass is 9.84. The number of hydrogen-bond acceptors (Lipinski definition) is 2. The first-order valence-corrected chi connectivity index (χ1v) is 31.8. The molecule has 0 amide bonds. The molecule has 2 aliphatic rings. The van der Waals surface area contributed by atoms with Gasteiger partial charge in [0.2, 0.25) is 0 Å². The van der Waals surface area contributed by atoms with Gasteiger partial charge < -0.3 is 0 Å². The predicted molar refractivity (Wildman–Crippen MR) is 399 cm³/mol. The van der Waals surface area contributed by atoms with Crippen LogP contribution in [-0.4, -0.2) is 11.4 Å². The molecule has 0 saturated heterocycles. The molecule has 2 aliphatic carbocycles. The number of aliphatic imine (C=N–C) groups is 2. The molecule has 0 N–H and O–H groups in total. The van der Waals surface area contributed by atoms with Crippen molar-refractivity contribution in [3.8, 4) is 22.3 Å². The molecule has 0 fully saturated rings. The molecular weight excluding hydrogens is 1080 g/mol. The van der Waals surface area contributed by atoms with E-state index in [1.807, 2.05) is 56.4 Å². The van der Waals surface area contributed by atoms with E-state index in [0.717, 1.165) is 84.9 Å². The molecule has 0 aliphatic heterocycles. The van der Waals surface area contributed by atoms with E-state index in [1.165, 1.54) is 55.1 Å². The summed E-state index contributed by atoms with van der Waals surface area (Å²) in [6, 6.07) is 61.9. The number of benzene rings is 6. The summed E-state index contributed by atoms with van der Waals surface area (Å²) in [5.74, 6) is 0.612. The van der Waals surface area contributed by atoms with E-state index in [-0.39, 0.29) is 5.92 Å². The van der Waals surface area contributed by atoms with Crippen LogP contribution >= 0.6 is 0 Å². The molecule has 2 heteroatoms. The van der Waals surface area contributed by atoms with E-state index in [2.05, 4.69) is 310 Å². The Bertz CT molecular complexity index is 4380. The van der Waals surface area contributed by atoms with Crippen LogP contribution < -0.4 is 10.4 Å². The van der Waals surface area contributed by atoms with Crippen LogP contribution in [0.25, 0.3) is 66.6 Å². The summed E-state index contributed by atoms with van der Waals surface area (Å²) in [6.07, 6.45) is 48.1. The quantitative estimate of drug-likeness (QED) is 0.0641. The Balaban J connectivity index is 0.00000108. The topological polar surface area (TPSA) is 24.7 Å². The van der Waals surface area contributed by atoms with Crippen LogP contribution in [0, 0.1) is 11.8 Å². The first-order chi connectivity index (χ1) is 43.9. The summed E-state index contributed by atoms with van der Waals surface area (Å²) >= 11 is 0. The molecule has 7 aromatic rings. The molecule has 2 nitrogen and oxygen atoms in total. The largest absolute Gasteiger partial charge is 0.258 e. The first-order valence-electron chi connectivity index (χ1n) is 31.8. The predicted octanol–water partition coefficient (Wildman–Crippen LogP) is 23.4. The fourth-order valence-corrected chi connectivity index (χ4v) is 11.1. The van der Waals surface area contributed by atoms with Crippen LogP contribution in [0.4, 0.5) is 5.69 Å². The number of allylic oxidation sites excluding steroid dienone is 25. The van der Waals surface area contributed by atoms with Crippen LogP contribution in [0.1, 0.15) is 98.3 Å². The van der Waals surface area contributed by atoms with Crippen molar-refractivity contribution < 1.29 is 0 Å². The van der Waals surface area contributed by atoms with Gasteiger partial charge in [-0.1, -0.05) is 313 Å². The highest BCUT2D eigenvalue weighted by molar-refractivity contribution is 6.11. The van der Waals surface area contributed by atoms with E-state index in [0.29, 0.717) is 12.3 Å². The van der Waals surface area contributed by atoms with Gasteiger partial charge in [-0.25, -0.2) is 0 Å². The van der Waals surface area contributed by atoms with Gasteiger partial charge >= 0.3 is 0 Å². The smallest absolute Gasteiger partial charge is 0.0723 e. The van der Waals surface area contributed by atoms with Crippen LogP contribution in [0.5, 0.6) is 0 Å². The third-order valence-electron chi connectivity index (χ3n) is 16.0. The number of rotatable bonds is 17. The van der Waals surface area contributed by atoms with Gasteiger partial charge in [0.15, 0.2) is 0 Å². The zero-order valence-corrected chi connectivity index (χ0v) is 54.4. The highest BCUT2D eigenvalue weighted by Gasteiger charge is 2.19. The number of para-hydroxylation sites is 1. The third-order valence-corrected chi connectivity index (χ3v) is 16.0. The second kappa shape index (κ2) is 33.9. The molecule has 7 aromatic carbocycles. The maximum atomic E-state index is 5.31. The molecule has 0 aromatic heterocycles. The van der Waals surface area contributed by atoms with Crippen LogP contribution in [0.2, 0.25) is 0 Å². The Kier molecular flexibility index (Phi) is 24.9. The van der Waals surface area contributed by atoms with Crippen molar-refractivity contribution in [1.29, 1.82) is 0 Å². The lowest BCUT2D eigenvalue weighted by molar-refractivity contribution is 0.746. The molecule has 2 atom stereocenters. The summed E-state index contributed by atoms with van der Waals surface area (Å²) in [5, 5.41) is 7.08. The molecular formula is C88H88N2. The molecule has 0 saturated carbocycles. The van der Waals surface area contributed by atoms with Gasteiger partial charge in [0.05, 0.1) is 5.69 Å². The number of fused-ring (bicyclic) bond motifs is 3. The molecule has 0 radical (unpaired) electrons. The maximum absolute atomic E-state index is 5.31. The van der Waals surface area contributed by atoms with E-state index in [1.54, 1.807) is 6.08 Å². The minimum Gasteiger partial charge on any atom is -0.258 e. The molecule has 2 unspecified atom stereocenters. The number of nitrogens with zero attached hydrogens (tertiary/aromatic N) is 2. The average molecular weight is 1170 g/mol. The van der Waals surface area contributed by atoms with Gasteiger partial charge in [0.25, 0.3) is 0 Å². The third kappa shape index (κ3) is 18.1. The van der Waals surface area contributed by atoms with Gasteiger partial charge in [-0.15, -0.1) is 0 Å². The van der Waals surface area contributed by atoms with Crippen LogP contribution in [0.3, 0.4) is 0 Å². The normalized spacial score (nSPS) is 18.3. The fraction of sp³-hybridized carbons (Fsp3) is 0.159. The van der Waals surface area contributed by atoms with Crippen LogP contribution in [-0.2, 0) is 0 Å². The van der Waals surface area contributed by atoms with E-state index in [9.17, 15) is 0 Å². The average Bonchev–Trinajstić information content (AvgIpc) is 0.896. The van der Waals surface area contributed by atoms with Gasteiger partial charge in [0, 0.05) is 29.1 Å². The lowest BCUT2D eigenvalue weighted by Gasteiger charge is -2.20. The molecule has 0 bridgehead atoms. The second-order valence-corrected chi connectivity index (χ2v) is 22.9. The van der Waals surface area contributed by atoms with Gasteiger partial charge in [0.1, 0.15) is 0 Å². The van der Waals surface area contributed by atoms with Gasteiger partial charge in [-0.3, -0.25) is 9.98 Å². The van der Waals surface area contributed by atoms with Crippen molar-refractivity contribution in [1.82, 2.24) is 0 Å². The Labute approximate surface area is 538 Å². The fourth-order valence-electron chi connectivity index (χ4n) is 11.1. The molecule has 0 heterocycles. The summed E-state index contributed by atoms with van der Waals surface area (Å²) in [6.45, 7) is 27.0. The highest BCUT2D eigenvalue weighted by Crippen LogP contribution is 2.40. The standard InChI is InChI=1S/C79H74N2.C9H14/c1-9-12-14-17-29-58(6)80-60(8)72-36-24-25-39-77(72)81-59(7)52-70(27-11-3)78-73-38-23-22-33-63(73)35-26-28-56(4)40-51-75(78)65-46-43-62(44-47-65)68-49-48-64-32-18-15-16-19-37-74(69-50-45-61-31-20-21-34-67(61)54-69)79(76(64)55-68)71-42-41-57(5)66(53-71)30-13-10-2;1-4-6-7-8-9(3)5-2/h9-28,30-39,41-57H,6,29,40H2,1-5,7-8H3;4,6-8H,1,5H2,2-3H3/b12-9-,13-10-,16-15?,17-14-,18-15?,19-16?,27-11-,28-26+,32-18?,37-19?,63-35-,64-32?,66-30-,70-52+,74-37?,75-51+,78-73-,79-74?,79-76?,80-60?,81-59?;7-6-,9-8+. The Hall–Kier alpha value is -10.0. The second-order valence-electron chi connectivity index (χ2n) is 22.9. The van der Waals surface area contributed by atoms with Crippen molar-refractivity contribution in [2.24, 2.45) is 21.8 Å². The van der Waals surface area contributed by atoms with E-state index in [4.69, 9.17) is 9.98 Å². The zero-order chi connectivity index (χ0) is 63.6. The van der Waals surface area contributed by atoms with E-state index >= 15 is 0 Å². The van der Waals surface area contributed by atoms with Crippen molar-refractivity contribution in [2.45, 2.75) is 81.6 Å². The molecule has 90 heavy (non-hydrogen) atoms. The Morgan fingerprint density at radius 2 is 1.33 bits per heavy atom. The lowest BCUT2D eigenvalue weighted by Crippen LogP contribution is -2.27. The van der Waals surface area contributed by atoms with Crippen molar-refractivity contribution >= 4 is 61.5 Å². The summed E-state index contributed by atoms with van der Waals surface area (Å²) < 4.78 is 0. The SMILES string of the molecule is C=C(C/C=C\C=C/C)N=C(C)c1ccccc1N=C(C)/C=C(\C=C/C)C1=c2\cccc\c2=C\C=C\C(C)C\C=C\1c1ccc(-c2ccc3ccccccc(-c4ccc5ccccc5c4)c(C4=C/C(=C/C=C\C)C(C)C=C4)c3c2)cc1.C=C/C=C\C=C(/C)CC. The minimum atomic E-state index is 0.287. The monoisotopic (exact) mass is 1170 g/mol. The van der Waals surface area contributed by atoms with E-state index < -0.39 is 0 Å². The zero-order valence-electron chi connectivity index (χ0n) is 54.4. The highest BCUT2D eigenvalue weighted by atomic mass is 14.8. The molecule has 0 spiro atoms. The van der Waals surface area contributed by atoms with Gasteiger partial charge in [-0.05, 0) is 184 Å². The van der Waals surface area contributed by atoms with Crippen molar-refractivity contribution in [3.63, 3.8) is 0 Å². The van der Waals surface area contributed by atoms with Crippen LogP contribution in [0.15, 0.2) is 337 Å². The van der Waals surface area contributed by atoms with Crippen molar-refractivity contribution in [2.75, 3.05) is 0 Å². The Morgan fingerprint density at radius 1 is 0.644 bits per heavy atom. The van der Waals surface area contributed by atoms with Crippen molar-refractivity contribution in [3.05, 3.63) is 354 Å². The molecule has 450 valence electrons. The Morgan fingerprint density at radius 3 is 2.11 bits per heavy atom. The summed E-state index contributed by atoms with van der Waals surface area (Å²) in [5.41, 5.74) is 18.6.